The Hall–Kier alpha value is -6.11. The molecule has 1 saturated heterocycles. The van der Waals surface area contributed by atoms with Gasteiger partial charge in [-0.25, -0.2) is 26.3 Å². The monoisotopic (exact) mass is 869 g/mol. The molecule has 0 aliphatic carbocycles. The van der Waals surface area contributed by atoms with Crippen LogP contribution in [0.5, 0.6) is 17.2 Å². The highest BCUT2D eigenvalue weighted by Crippen LogP contribution is 2.72. The third kappa shape index (κ3) is 6.89. The van der Waals surface area contributed by atoms with Crippen molar-refractivity contribution in [3.05, 3.63) is 177 Å². The van der Waals surface area contributed by atoms with Gasteiger partial charge in [0.05, 0.1) is 6.61 Å². The van der Waals surface area contributed by atoms with Crippen LogP contribution < -0.4 is 28.9 Å². The van der Waals surface area contributed by atoms with Crippen LogP contribution in [0.3, 0.4) is 0 Å². The number of nitrogens with zero attached hydrogens (tertiary/aromatic N) is 3. The van der Waals surface area contributed by atoms with Gasteiger partial charge in [-0.1, -0.05) is 18.2 Å². The Labute approximate surface area is 353 Å². The summed E-state index contributed by atoms with van der Waals surface area (Å²) in [6.45, 7) is 1.20. The van der Waals surface area contributed by atoms with Gasteiger partial charge in [-0.2, -0.15) is 0 Å². The minimum atomic E-state index is -3.82. The fourth-order valence-corrected chi connectivity index (χ4v) is 12.3. The molecule has 0 radical (unpaired) electrons. The Morgan fingerprint density at radius 3 is 1.15 bits per heavy atom. The van der Waals surface area contributed by atoms with Crippen molar-refractivity contribution in [2.45, 2.75) is 37.6 Å². The van der Waals surface area contributed by atoms with Crippen molar-refractivity contribution in [2.75, 3.05) is 47.7 Å². The van der Waals surface area contributed by atoms with Crippen LogP contribution in [0.2, 0.25) is 0 Å². The van der Waals surface area contributed by atoms with E-state index in [0.717, 1.165) is 36.4 Å². The highest BCUT2D eigenvalue weighted by molar-refractivity contribution is 7.60. The molecule has 0 spiro atoms. The molecule has 6 aromatic rings. The average Bonchev–Trinajstić information content (AvgIpc) is 3.29. The van der Waals surface area contributed by atoms with Gasteiger partial charge in [0, 0.05) is 77.7 Å². The van der Waals surface area contributed by atoms with Crippen LogP contribution in [0.1, 0.15) is 46.2 Å². The molecule has 1 unspecified atom stereocenters. The highest BCUT2D eigenvalue weighted by Gasteiger charge is 2.55. The predicted molar refractivity (Wildman–Crippen MR) is 221 cm³/mol. The molecule has 15 heteroatoms. The molecule has 8 nitrogen and oxygen atoms in total. The number of ether oxygens (including phenoxy) is 3. The summed E-state index contributed by atoms with van der Waals surface area (Å²) in [7, 11) is -3.82. The molecule has 4 aliphatic heterocycles. The number of halogens is 6. The summed E-state index contributed by atoms with van der Waals surface area (Å²) < 4.78 is 127. The van der Waals surface area contributed by atoms with E-state index >= 15 is 4.57 Å². The molecule has 10 rings (SSSR count). The minimum Gasteiger partial charge on any atom is -0.473 e. The van der Waals surface area contributed by atoms with E-state index in [9.17, 15) is 26.3 Å². The summed E-state index contributed by atoms with van der Waals surface area (Å²) in [5.41, 5.74) is 5.16. The van der Waals surface area contributed by atoms with Crippen LogP contribution in [0.25, 0.3) is 0 Å². The van der Waals surface area contributed by atoms with E-state index in [2.05, 4.69) is 0 Å². The largest absolute Gasteiger partial charge is 0.473 e. The second-order valence-electron chi connectivity index (χ2n) is 15.8. The first-order valence-corrected chi connectivity index (χ1v) is 21.9. The average molecular weight is 870 g/mol. The third-order valence-corrected chi connectivity index (χ3v) is 15.4. The molecule has 6 aromatic carbocycles. The zero-order chi connectivity index (χ0) is 42.8. The molecule has 318 valence electrons. The van der Waals surface area contributed by atoms with Gasteiger partial charge in [0.1, 0.15) is 22.4 Å². The zero-order valence-corrected chi connectivity index (χ0v) is 34.0. The summed E-state index contributed by atoms with van der Waals surface area (Å²) in [6, 6.07) is 27.8. The second kappa shape index (κ2) is 15.7. The van der Waals surface area contributed by atoms with Crippen molar-refractivity contribution >= 4 is 24.4 Å². The zero-order valence-electron chi connectivity index (χ0n) is 33.1. The van der Waals surface area contributed by atoms with Crippen LogP contribution in [0.4, 0.5) is 43.4 Å². The lowest BCUT2D eigenvalue weighted by atomic mass is 9.81. The van der Waals surface area contributed by atoms with Crippen LogP contribution in [-0.4, -0.2) is 33.0 Å². The van der Waals surface area contributed by atoms with Gasteiger partial charge in [0.25, 0.3) is 0 Å². The Kier molecular flexibility index (Phi) is 10.1. The number of anilines is 3. The molecular formula is C47H38F6N3O5P. The smallest absolute Gasteiger partial charge is 0.222 e. The molecule has 1 atom stereocenters. The first-order valence-electron chi connectivity index (χ1n) is 20.1. The SMILES string of the molecule is O=P1(C(c2ccc3c(c2)CN(c2ccc(F)c(F)c2)CO3)(c2ccc3c(c2)CN(c2ccc(F)c(F)c2)CO3)c2ccc3c(c2)CN(c2ccc(F)c(F)c2)CO3)CCCCO1. The van der Waals surface area contributed by atoms with Gasteiger partial charge < -0.3 is 33.4 Å². The maximum atomic E-state index is 16.2. The molecule has 62 heavy (non-hydrogen) atoms. The summed E-state index contributed by atoms with van der Waals surface area (Å²) in [5.74, 6) is -4.20. The Morgan fingerprint density at radius 2 is 0.823 bits per heavy atom. The van der Waals surface area contributed by atoms with Crippen molar-refractivity contribution in [1.82, 2.24) is 0 Å². The van der Waals surface area contributed by atoms with E-state index in [-0.39, 0.29) is 52.6 Å². The summed E-state index contributed by atoms with van der Waals surface area (Å²) in [6.07, 6.45) is 1.54. The molecule has 0 amide bonds. The fourth-order valence-electron chi connectivity index (χ4n) is 9.00. The Bertz CT molecular complexity index is 2510. The number of hydrogen-bond acceptors (Lipinski definition) is 8. The van der Waals surface area contributed by atoms with Crippen LogP contribution in [0, 0.1) is 34.9 Å². The first kappa shape index (κ1) is 40.0. The van der Waals surface area contributed by atoms with Gasteiger partial charge in [-0.3, -0.25) is 4.57 Å². The summed E-state index contributed by atoms with van der Waals surface area (Å²) >= 11 is 0. The van der Waals surface area contributed by atoms with Crippen molar-refractivity contribution < 1.29 is 49.6 Å². The molecule has 0 saturated carbocycles. The molecular weight excluding hydrogens is 831 g/mol. The highest BCUT2D eigenvalue weighted by atomic mass is 31.2. The van der Waals surface area contributed by atoms with Crippen molar-refractivity contribution in [2.24, 2.45) is 0 Å². The summed E-state index contributed by atoms with van der Waals surface area (Å²) in [4.78, 5) is 5.30. The first-order chi connectivity index (χ1) is 30.0. The van der Waals surface area contributed by atoms with E-state index in [1.165, 1.54) is 18.2 Å². The predicted octanol–water partition coefficient (Wildman–Crippen LogP) is 11.0. The van der Waals surface area contributed by atoms with Crippen molar-refractivity contribution in [3.63, 3.8) is 0 Å². The van der Waals surface area contributed by atoms with E-state index in [4.69, 9.17) is 18.7 Å². The lowest BCUT2D eigenvalue weighted by molar-refractivity contribution is 0.273. The van der Waals surface area contributed by atoms with E-state index < -0.39 is 47.4 Å². The van der Waals surface area contributed by atoms with Crippen molar-refractivity contribution in [1.29, 1.82) is 0 Å². The van der Waals surface area contributed by atoms with E-state index in [1.807, 2.05) is 54.6 Å². The second-order valence-corrected chi connectivity index (χ2v) is 18.5. The molecule has 4 aliphatic rings. The number of hydrogen-bond donors (Lipinski definition) is 0. The Morgan fingerprint density at radius 1 is 0.452 bits per heavy atom. The number of benzene rings is 6. The van der Waals surface area contributed by atoms with Gasteiger partial charge in [-0.15, -0.1) is 0 Å². The van der Waals surface area contributed by atoms with Gasteiger partial charge in [0.15, 0.2) is 55.1 Å². The standard InChI is InChI=1S/C47H38F6N3O5P/c48-38-9-6-35(20-41(38)51)54-23-29-17-32(3-12-44(29)58-26-54)47(62(57)16-2-1-15-61-62,33-4-13-45-30(18-33)24-55(27-59-45)36-7-10-39(49)42(52)21-36)34-5-14-46-31(19-34)25-56(28-60-46)37-8-11-40(50)43(53)22-37/h3-14,17-22H,1-2,15-16,23-28H2. The topological polar surface area (TPSA) is 63.7 Å². The van der Waals surface area contributed by atoms with Crippen LogP contribution >= 0.6 is 7.37 Å². The van der Waals surface area contributed by atoms with E-state index in [1.54, 1.807) is 14.7 Å². The van der Waals surface area contributed by atoms with E-state index in [0.29, 0.717) is 80.5 Å². The number of rotatable bonds is 7. The lowest BCUT2D eigenvalue weighted by Crippen LogP contribution is -2.37. The maximum Gasteiger partial charge on any atom is 0.222 e. The van der Waals surface area contributed by atoms with Crippen LogP contribution in [0.15, 0.2) is 109 Å². The quantitative estimate of drug-likeness (QED) is 0.0893. The molecule has 0 N–H and O–H groups in total. The summed E-state index contributed by atoms with van der Waals surface area (Å²) in [5, 5.41) is -1.49. The normalized spacial score (nSPS) is 18.5. The fraction of sp³-hybridized carbons (Fsp3) is 0.234. The van der Waals surface area contributed by atoms with Crippen molar-refractivity contribution in [3.8, 4) is 17.2 Å². The van der Waals surface area contributed by atoms with Gasteiger partial charge in [-0.05, 0) is 102 Å². The minimum absolute atomic E-state index is 0.0721. The molecule has 0 aromatic heterocycles. The number of fused-ring (bicyclic) bond motifs is 3. The van der Waals surface area contributed by atoms with Gasteiger partial charge >= 0.3 is 0 Å². The van der Waals surface area contributed by atoms with Gasteiger partial charge in [0.2, 0.25) is 7.37 Å². The molecule has 4 heterocycles. The maximum absolute atomic E-state index is 16.2. The molecule has 1 fully saturated rings. The lowest BCUT2D eigenvalue weighted by Gasteiger charge is -2.45. The molecule has 0 bridgehead atoms. The Balaban J connectivity index is 1.15. The van der Waals surface area contributed by atoms with Crippen LogP contribution in [-0.2, 0) is 33.9 Å². The third-order valence-electron chi connectivity index (χ3n) is 12.1.